The highest BCUT2D eigenvalue weighted by Gasteiger charge is 2.31. The summed E-state index contributed by atoms with van der Waals surface area (Å²) < 4.78 is 42.5. The molecule has 0 bridgehead atoms. The Labute approximate surface area is 199 Å². The molecule has 3 aromatic heterocycles. The first-order valence-corrected chi connectivity index (χ1v) is 11.5. The number of hydrogen-bond acceptors (Lipinski definition) is 4. The van der Waals surface area contributed by atoms with Gasteiger partial charge in [0.15, 0.2) is 5.65 Å². The van der Waals surface area contributed by atoms with Crippen LogP contribution in [0, 0.1) is 0 Å². The third kappa shape index (κ3) is 4.48. The molecule has 0 aliphatic carbocycles. The maximum absolute atomic E-state index is 13.0. The van der Waals surface area contributed by atoms with Crippen LogP contribution in [0.15, 0.2) is 65.7 Å². The number of anilines is 1. The first-order valence-electron chi connectivity index (χ1n) is 11.5. The van der Waals surface area contributed by atoms with Gasteiger partial charge in [0.1, 0.15) is 5.52 Å². The first kappa shape index (κ1) is 22.9. The fourth-order valence-corrected chi connectivity index (χ4v) is 4.63. The summed E-state index contributed by atoms with van der Waals surface area (Å²) in [5.41, 5.74) is 1.63. The number of pyridine rings is 1. The number of fused-ring (bicyclic) bond motifs is 3. The van der Waals surface area contributed by atoms with Gasteiger partial charge in [0.2, 0.25) is 5.91 Å². The smallest absolute Gasteiger partial charge is 0.368 e. The average Bonchev–Trinajstić information content (AvgIpc) is 3.36. The molecular formula is C25H24F3N5O2. The largest absolute Gasteiger partial charge is 0.416 e. The zero-order chi connectivity index (χ0) is 24.6. The predicted molar refractivity (Wildman–Crippen MR) is 126 cm³/mol. The van der Waals surface area contributed by atoms with E-state index in [1.807, 2.05) is 33.7 Å². The minimum atomic E-state index is -4.39. The number of hydrogen-bond donors (Lipinski definition) is 0. The number of nitrogens with zero attached hydrogens (tertiary/aromatic N) is 5. The lowest BCUT2D eigenvalue weighted by Crippen LogP contribution is -2.48. The number of aryl methyl sites for hydroxylation is 1. The Morgan fingerprint density at radius 2 is 1.74 bits per heavy atom. The highest BCUT2D eigenvalue weighted by atomic mass is 19.4. The molecule has 10 heteroatoms. The second-order valence-electron chi connectivity index (χ2n) is 8.59. The number of carbonyl (C=O) groups excluding carboxylic acids is 1. The van der Waals surface area contributed by atoms with Crippen LogP contribution in [0.3, 0.4) is 0 Å². The molecule has 0 spiro atoms. The van der Waals surface area contributed by atoms with Crippen molar-refractivity contribution in [3.05, 3.63) is 76.8 Å². The van der Waals surface area contributed by atoms with Gasteiger partial charge in [-0.25, -0.2) is 4.98 Å². The molecule has 182 valence electrons. The number of alkyl halides is 3. The molecule has 1 aliphatic rings. The Morgan fingerprint density at radius 1 is 0.971 bits per heavy atom. The van der Waals surface area contributed by atoms with Gasteiger partial charge in [-0.1, -0.05) is 6.07 Å². The van der Waals surface area contributed by atoms with Crippen molar-refractivity contribution in [2.24, 2.45) is 0 Å². The number of benzene rings is 1. The van der Waals surface area contributed by atoms with Crippen molar-refractivity contribution in [2.75, 3.05) is 31.1 Å². The molecule has 1 aliphatic heterocycles. The summed E-state index contributed by atoms with van der Waals surface area (Å²) >= 11 is 0. The molecule has 0 unspecified atom stereocenters. The zero-order valence-electron chi connectivity index (χ0n) is 18.9. The van der Waals surface area contributed by atoms with E-state index in [9.17, 15) is 22.8 Å². The molecule has 0 saturated carbocycles. The van der Waals surface area contributed by atoms with E-state index in [-0.39, 0.29) is 17.9 Å². The lowest BCUT2D eigenvalue weighted by atomic mass is 10.1. The second-order valence-corrected chi connectivity index (χ2v) is 8.59. The summed E-state index contributed by atoms with van der Waals surface area (Å²) in [7, 11) is 0. The number of halogens is 3. The van der Waals surface area contributed by atoms with Gasteiger partial charge < -0.3 is 14.2 Å². The molecule has 7 nitrogen and oxygen atoms in total. The quantitative estimate of drug-likeness (QED) is 0.433. The van der Waals surface area contributed by atoms with E-state index in [1.165, 1.54) is 6.07 Å². The third-order valence-electron chi connectivity index (χ3n) is 6.44. The Kier molecular flexibility index (Phi) is 5.96. The summed E-state index contributed by atoms with van der Waals surface area (Å²) in [4.78, 5) is 33.7. The average molecular weight is 483 g/mol. The van der Waals surface area contributed by atoms with Crippen molar-refractivity contribution in [2.45, 2.75) is 25.6 Å². The van der Waals surface area contributed by atoms with E-state index in [0.717, 1.165) is 17.6 Å². The van der Waals surface area contributed by atoms with E-state index in [4.69, 9.17) is 0 Å². The standard InChI is InChI=1S/C25H24F3N5O2/c26-25(27,28)18-5-1-6-19(17-18)30-13-15-31(16-14-30)22(34)9-4-12-33-23-20(7-2-10-29-23)32-11-3-8-21(32)24(33)35/h1-3,5-8,10-11,17H,4,9,12-16H2. The summed E-state index contributed by atoms with van der Waals surface area (Å²) in [6, 6.07) is 12.6. The molecule has 1 aromatic carbocycles. The highest BCUT2D eigenvalue weighted by Crippen LogP contribution is 2.32. The molecule has 5 rings (SSSR count). The molecule has 35 heavy (non-hydrogen) atoms. The molecule has 0 N–H and O–H groups in total. The van der Waals surface area contributed by atoms with Crippen molar-refractivity contribution < 1.29 is 18.0 Å². The normalized spacial score (nSPS) is 14.7. The van der Waals surface area contributed by atoms with Gasteiger partial charge in [-0.3, -0.25) is 14.2 Å². The summed E-state index contributed by atoms with van der Waals surface area (Å²) in [6.45, 7) is 2.17. The summed E-state index contributed by atoms with van der Waals surface area (Å²) in [5.74, 6) is -0.0252. The minimum Gasteiger partial charge on any atom is -0.368 e. The van der Waals surface area contributed by atoms with Gasteiger partial charge in [0.25, 0.3) is 5.56 Å². The molecule has 4 heterocycles. The molecule has 0 radical (unpaired) electrons. The number of piperazine rings is 1. The van der Waals surface area contributed by atoms with Gasteiger partial charge in [0, 0.05) is 57.2 Å². The molecule has 1 amide bonds. The molecule has 1 fully saturated rings. The number of aromatic nitrogens is 3. The topological polar surface area (TPSA) is 62.9 Å². The van der Waals surface area contributed by atoms with Crippen molar-refractivity contribution >= 4 is 28.3 Å². The summed E-state index contributed by atoms with van der Waals surface area (Å²) in [6.07, 6.45) is -0.162. The first-order chi connectivity index (χ1) is 16.8. The van der Waals surface area contributed by atoms with Gasteiger partial charge in [-0.05, 0) is 48.9 Å². The van der Waals surface area contributed by atoms with Crippen molar-refractivity contribution in [3.8, 4) is 0 Å². The third-order valence-corrected chi connectivity index (χ3v) is 6.44. The van der Waals surface area contributed by atoms with Crippen molar-refractivity contribution in [3.63, 3.8) is 0 Å². The maximum atomic E-state index is 13.0. The SMILES string of the molecule is O=C(CCCn1c(=O)c2cccn2c2cccnc21)N1CCN(c2cccc(C(F)(F)F)c2)CC1. The predicted octanol–water partition coefficient (Wildman–Crippen LogP) is 3.80. The minimum absolute atomic E-state index is 0.0252. The lowest BCUT2D eigenvalue weighted by molar-refractivity contribution is -0.137. The Balaban J connectivity index is 1.21. The van der Waals surface area contributed by atoms with E-state index in [2.05, 4.69) is 4.98 Å². The van der Waals surface area contributed by atoms with Crippen LogP contribution >= 0.6 is 0 Å². The molecule has 1 saturated heterocycles. The molecular weight excluding hydrogens is 459 g/mol. The number of carbonyl (C=O) groups is 1. The van der Waals surface area contributed by atoms with Crippen LogP contribution in [0.25, 0.3) is 16.7 Å². The van der Waals surface area contributed by atoms with Crippen LogP contribution in [0.2, 0.25) is 0 Å². The van der Waals surface area contributed by atoms with Crippen LogP contribution in [0.5, 0.6) is 0 Å². The Hall–Kier alpha value is -3.82. The van der Waals surface area contributed by atoms with Gasteiger partial charge >= 0.3 is 6.18 Å². The maximum Gasteiger partial charge on any atom is 0.416 e. The van der Waals surface area contributed by atoms with E-state index >= 15 is 0 Å². The van der Waals surface area contributed by atoms with Crippen molar-refractivity contribution in [1.29, 1.82) is 0 Å². The van der Waals surface area contributed by atoms with Crippen LogP contribution in [0.4, 0.5) is 18.9 Å². The highest BCUT2D eigenvalue weighted by molar-refractivity contribution is 5.77. The van der Waals surface area contributed by atoms with Gasteiger partial charge in [-0.15, -0.1) is 0 Å². The van der Waals surface area contributed by atoms with Crippen LogP contribution in [0.1, 0.15) is 18.4 Å². The van der Waals surface area contributed by atoms with Crippen LogP contribution in [-0.4, -0.2) is 50.9 Å². The number of amides is 1. The second kappa shape index (κ2) is 9.09. The van der Waals surface area contributed by atoms with Crippen molar-refractivity contribution in [1.82, 2.24) is 18.9 Å². The van der Waals surface area contributed by atoms with Crippen LogP contribution < -0.4 is 10.5 Å². The van der Waals surface area contributed by atoms with E-state index < -0.39 is 11.7 Å². The molecule has 4 aromatic rings. The Morgan fingerprint density at radius 3 is 2.51 bits per heavy atom. The lowest BCUT2D eigenvalue weighted by Gasteiger charge is -2.36. The Bertz CT molecular complexity index is 1430. The van der Waals surface area contributed by atoms with Crippen LogP contribution in [-0.2, 0) is 17.5 Å². The number of rotatable bonds is 5. The summed E-state index contributed by atoms with van der Waals surface area (Å²) in [5, 5.41) is 0. The molecule has 0 atom stereocenters. The van der Waals surface area contributed by atoms with Gasteiger partial charge in [0.05, 0.1) is 11.1 Å². The van der Waals surface area contributed by atoms with E-state index in [0.29, 0.717) is 56.0 Å². The fraction of sp³-hybridized carbons (Fsp3) is 0.320. The zero-order valence-corrected chi connectivity index (χ0v) is 18.9. The van der Waals surface area contributed by atoms with E-state index in [1.54, 1.807) is 27.8 Å². The fourth-order valence-electron chi connectivity index (χ4n) is 4.63. The monoisotopic (exact) mass is 483 g/mol. The van der Waals surface area contributed by atoms with Gasteiger partial charge in [-0.2, -0.15) is 13.2 Å².